The van der Waals surface area contributed by atoms with E-state index < -0.39 is 0 Å². The van der Waals surface area contributed by atoms with E-state index in [2.05, 4.69) is 31.9 Å². The van der Waals surface area contributed by atoms with Crippen molar-refractivity contribution >= 4 is 33.0 Å². The summed E-state index contributed by atoms with van der Waals surface area (Å²) < 4.78 is 13.1. The average Bonchev–Trinajstić information content (AvgIpc) is 2.71. The molecule has 0 spiro atoms. The molecule has 0 aliphatic carbocycles. The van der Waals surface area contributed by atoms with Crippen LogP contribution >= 0.6 is 15.9 Å². The molecule has 7 heteroatoms. The Labute approximate surface area is 177 Å². The standard InChI is InChI=1S/C22H20BrN3O3/c1-5-11-29-20-15(7-6-8-19(20)28-4)13-24-26-21(14(2)3)25-18-10-9-16(23)12-17(18)22(26)27/h1,6-10,12-14H,11H2,2-4H3. The van der Waals surface area contributed by atoms with Gasteiger partial charge in [-0.05, 0) is 30.3 Å². The molecular formula is C22H20BrN3O3. The first-order valence-electron chi connectivity index (χ1n) is 8.96. The lowest BCUT2D eigenvalue weighted by atomic mass is 10.2. The number of hydrogen-bond acceptors (Lipinski definition) is 5. The molecular weight excluding hydrogens is 434 g/mol. The third-order valence-corrected chi connectivity index (χ3v) is 4.68. The number of aromatic nitrogens is 2. The van der Waals surface area contributed by atoms with Crippen molar-refractivity contribution < 1.29 is 9.47 Å². The summed E-state index contributed by atoms with van der Waals surface area (Å²) in [7, 11) is 1.55. The van der Waals surface area contributed by atoms with Crippen molar-refractivity contribution in [2.45, 2.75) is 19.8 Å². The number of rotatable bonds is 6. The minimum atomic E-state index is -0.245. The molecule has 0 unspecified atom stereocenters. The van der Waals surface area contributed by atoms with Crippen molar-refractivity contribution in [2.24, 2.45) is 5.10 Å². The van der Waals surface area contributed by atoms with E-state index in [9.17, 15) is 4.79 Å². The molecule has 0 aliphatic heterocycles. The van der Waals surface area contributed by atoms with E-state index in [1.165, 1.54) is 4.68 Å². The lowest BCUT2D eigenvalue weighted by Gasteiger charge is -2.13. The van der Waals surface area contributed by atoms with Gasteiger partial charge in [-0.1, -0.05) is 41.8 Å². The number of terminal acetylenes is 1. The minimum Gasteiger partial charge on any atom is -0.493 e. The maximum Gasteiger partial charge on any atom is 0.282 e. The maximum atomic E-state index is 13.1. The summed E-state index contributed by atoms with van der Waals surface area (Å²) in [6.45, 7) is 4.01. The SMILES string of the molecule is C#CCOc1c(C=Nn2c(C(C)C)nc3ccc(Br)cc3c2=O)cccc1OC. The third kappa shape index (κ3) is 4.33. The summed E-state index contributed by atoms with van der Waals surface area (Å²) in [5.74, 6) is 3.99. The topological polar surface area (TPSA) is 65.7 Å². The van der Waals surface area contributed by atoms with Crippen LogP contribution in [0.3, 0.4) is 0 Å². The summed E-state index contributed by atoms with van der Waals surface area (Å²) in [6.07, 6.45) is 6.86. The highest BCUT2D eigenvalue weighted by atomic mass is 79.9. The van der Waals surface area contributed by atoms with Crippen LogP contribution in [0.25, 0.3) is 10.9 Å². The van der Waals surface area contributed by atoms with Gasteiger partial charge in [-0.3, -0.25) is 4.79 Å². The monoisotopic (exact) mass is 453 g/mol. The fourth-order valence-corrected chi connectivity index (χ4v) is 3.20. The van der Waals surface area contributed by atoms with Gasteiger partial charge in [0.25, 0.3) is 5.56 Å². The van der Waals surface area contributed by atoms with Gasteiger partial charge in [-0.25, -0.2) is 4.98 Å². The Morgan fingerprint density at radius 3 is 2.83 bits per heavy atom. The van der Waals surface area contributed by atoms with Crippen LogP contribution in [0.1, 0.15) is 31.2 Å². The molecule has 0 N–H and O–H groups in total. The highest BCUT2D eigenvalue weighted by Gasteiger charge is 2.14. The van der Waals surface area contributed by atoms with E-state index in [0.717, 1.165) is 4.47 Å². The Hall–Kier alpha value is -3.11. The van der Waals surface area contributed by atoms with Crippen LogP contribution in [0.2, 0.25) is 0 Å². The van der Waals surface area contributed by atoms with Gasteiger partial charge in [0.2, 0.25) is 0 Å². The van der Waals surface area contributed by atoms with Crippen LogP contribution < -0.4 is 15.0 Å². The zero-order chi connectivity index (χ0) is 21.0. The Morgan fingerprint density at radius 2 is 2.14 bits per heavy atom. The second-order valence-electron chi connectivity index (χ2n) is 6.52. The van der Waals surface area contributed by atoms with Crippen LogP contribution in [0.4, 0.5) is 0 Å². The quantitative estimate of drug-likeness (QED) is 0.414. The van der Waals surface area contributed by atoms with Crippen molar-refractivity contribution in [3.05, 3.63) is 62.6 Å². The largest absolute Gasteiger partial charge is 0.493 e. The van der Waals surface area contributed by atoms with Crippen LogP contribution in [0, 0.1) is 12.3 Å². The third-order valence-electron chi connectivity index (χ3n) is 4.19. The van der Waals surface area contributed by atoms with Gasteiger partial charge in [0.05, 0.1) is 24.2 Å². The number of nitrogens with zero attached hydrogens (tertiary/aromatic N) is 3. The zero-order valence-electron chi connectivity index (χ0n) is 16.3. The molecule has 1 aromatic heterocycles. The highest BCUT2D eigenvalue weighted by Crippen LogP contribution is 2.30. The van der Waals surface area contributed by atoms with E-state index in [1.54, 1.807) is 25.5 Å². The fraction of sp³-hybridized carbons (Fsp3) is 0.227. The van der Waals surface area contributed by atoms with E-state index in [-0.39, 0.29) is 18.1 Å². The van der Waals surface area contributed by atoms with Crippen LogP contribution in [-0.4, -0.2) is 29.6 Å². The lowest BCUT2D eigenvalue weighted by Crippen LogP contribution is -2.23. The molecule has 3 rings (SSSR count). The summed E-state index contributed by atoms with van der Waals surface area (Å²) in [4.78, 5) is 17.8. The number of halogens is 1. The van der Waals surface area contributed by atoms with Crippen molar-refractivity contribution in [1.29, 1.82) is 0 Å². The Morgan fingerprint density at radius 1 is 1.34 bits per heavy atom. The number of fused-ring (bicyclic) bond motifs is 1. The molecule has 2 aromatic carbocycles. The summed E-state index contributed by atoms with van der Waals surface area (Å²) in [5, 5.41) is 4.92. The first-order chi connectivity index (χ1) is 14.0. The average molecular weight is 454 g/mol. The molecule has 1 heterocycles. The molecule has 0 bridgehead atoms. The number of ether oxygens (including phenoxy) is 2. The second-order valence-corrected chi connectivity index (χ2v) is 7.43. The normalized spacial score (nSPS) is 11.2. The van der Waals surface area contributed by atoms with E-state index in [0.29, 0.717) is 33.8 Å². The molecule has 0 aliphatic rings. The van der Waals surface area contributed by atoms with Gasteiger partial charge in [-0.2, -0.15) is 9.78 Å². The number of hydrogen-bond donors (Lipinski definition) is 0. The second kappa shape index (κ2) is 8.93. The van der Waals surface area contributed by atoms with Crippen molar-refractivity contribution in [3.63, 3.8) is 0 Å². The van der Waals surface area contributed by atoms with Crippen LogP contribution in [-0.2, 0) is 0 Å². The van der Waals surface area contributed by atoms with Crippen molar-refractivity contribution in [1.82, 2.24) is 9.66 Å². The maximum absolute atomic E-state index is 13.1. The number of para-hydroxylation sites is 1. The van der Waals surface area contributed by atoms with Gasteiger partial charge in [-0.15, -0.1) is 6.42 Å². The zero-order valence-corrected chi connectivity index (χ0v) is 17.9. The van der Waals surface area contributed by atoms with Crippen LogP contribution in [0.15, 0.2) is 50.8 Å². The Balaban J connectivity index is 2.16. The Bertz CT molecular complexity index is 1180. The van der Waals surface area contributed by atoms with Gasteiger partial charge in [0.15, 0.2) is 11.5 Å². The van der Waals surface area contributed by atoms with E-state index >= 15 is 0 Å². The lowest BCUT2D eigenvalue weighted by molar-refractivity contribution is 0.330. The van der Waals surface area contributed by atoms with Gasteiger partial charge < -0.3 is 9.47 Å². The summed E-state index contributed by atoms with van der Waals surface area (Å²) in [5.41, 5.74) is 1.02. The van der Waals surface area contributed by atoms with Crippen molar-refractivity contribution in [2.75, 3.05) is 13.7 Å². The molecule has 6 nitrogen and oxygen atoms in total. The van der Waals surface area contributed by atoms with Gasteiger partial charge in [0, 0.05) is 16.0 Å². The molecule has 0 atom stereocenters. The molecule has 0 fully saturated rings. The number of methoxy groups -OCH3 is 1. The Kier molecular flexibility index (Phi) is 6.35. The summed E-state index contributed by atoms with van der Waals surface area (Å²) >= 11 is 3.40. The fourth-order valence-electron chi connectivity index (χ4n) is 2.83. The minimum absolute atomic E-state index is 0.00429. The smallest absolute Gasteiger partial charge is 0.282 e. The number of benzene rings is 2. The molecule has 0 saturated carbocycles. The van der Waals surface area contributed by atoms with Crippen molar-refractivity contribution in [3.8, 4) is 23.8 Å². The van der Waals surface area contributed by atoms with Gasteiger partial charge in [0.1, 0.15) is 12.4 Å². The first kappa shape index (κ1) is 20.6. The predicted molar refractivity (Wildman–Crippen MR) is 118 cm³/mol. The molecule has 0 saturated heterocycles. The molecule has 0 radical (unpaired) electrons. The molecule has 0 amide bonds. The molecule has 29 heavy (non-hydrogen) atoms. The van der Waals surface area contributed by atoms with E-state index in [4.69, 9.17) is 15.9 Å². The van der Waals surface area contributed by atoms with Gasteiger partial charge >= 0.3 is 0 Å². The first-order valence-corrected chi connectivity index (χ1v) is 9.75. The summed E-state index contributed by atoms with van der Waals surface area (Å²) in [6, 6.07) is 10.8. The van der Waals surface area contributed by atoms with E-state index in [1.807, 2.05) is 38.1 Å². The highest BCUT2D eigenvalue weighted by molar-refractivity contribution is 9.10. The molecule has 3 aromatic rings. The van der Waals surface area contributed by atoms with Crippen LogP contribution in [0.5, 0.6) is 11.5 Å². The molecule has 148 valence electrons. The predicted octanol–water partition coefficient (Wildman–Crippen LogP) is 4.19.